The van der Waals surface area contributed by atoms with Crippen molar-refractivity contribution in [2.75, 3.05) is 24.7 Å². The number of aliphatic hydroxyl groups excluding tert-OH is 1. The molecule has 1 heterocycles. The second-order valence-corrected chi connectivity index (χ2v) is 5.27. The number of rotatable bonds is 2. The molecule has 1 aromatic rings. The van der Waals surface area contributed by atoms with E-state index in [1.807, 2.05) is 24.3 Å². The molecule has 17 heavy (non-hydrogen) atoms. The van der Waals surface area contributed by atoms with Crippen LogP contribution in [0.2, 0.25) is 0 Å². The Labute approximate surface area is 108 Å². The van der Waals surface area contributed by atoms with Crippen LogP contribution in [0.4, 0.5) is 5.69 Å². The highest BCUT2D eigenvalue weighted by Gasteiger charge is 2.36. The van der Waals surface area contributed by atoms with Crippen molar-refractivity contribution < 1.29 is 14.6 Å². The Balaban J connectivity index is 2.27. The molecular formula is C12H14BrNO3. The summed E-state index contributed by atoms with van der Waals surface area (Å²) in [7, 11) is 0. The van der Waals surface area contributed by atoms with Gasteiger partial charge in [-0.1, -0.05) is 22.0 Å². The van der Waals surface area contributed by atoms with Gasteiger partial charge >= 0.3 is 0 Å². The predicted octanol–water partition coefficient (Wildman–Crippen LogP) is 1.56. The van der Waals surface area contributed by atoms with Crippen LogP contribution in [-0.4, -0.2) is 36.4 Å². The molecule has 1 aliphatic heterocycles. The Bertz CT molecular complexity index is 438. The van der Waals surface area contributed by atoms with E-state index in [1.54, 1.807) is 11.8 Å². The maximum atomic E-state index is 11.8. The first-order chi connectivity index (χ1) is 8.04. The van der Waals surface area contributed by atoms with Gasteiger partial charge in [-0.05, 0) is 25.1 Å². The van der Waals surface area contributed by atoms with Gasteiger partial charge in [-0.3, -0.25) is 4.79 Å². The summed E-state index contributed by atoms with van der Waals surface area (Å²) >= 11 is 3.38. The molecule has 0 bridgehead atoms. The first-order valence-electron chi connectivity index (χ1n) is 5.35. The van der Waals surface area contributed by atoms with E-state index in [1.165, 1.54) is 0 Å². The van der Waals surface area contributed by atoms with E-state index in [4.69, 9.17) is 4.74 Å². The van der Waals surface area contributed by atoms with Gasteiger partial charge in [-0.2, -0.15) is 0 Å². The molecule has 1 aromatic carbocycles. The number of benzene rings is 1. The van der Waals surface area contributed by atoms with Crippen LogP contribution in [0, 0.1) is 0 Å². The van der Waals surface area contributed by atoms with Crippen LogP contribution in [0.1, 0.15) is 6.92 Å². The van der Waals surface area contributed by atoms with Crippen molar-refractivity contribution in [3.05, 3.63) is 28.7 Å². The van der Waals surface area contributed by atoms with Crippen LogP contribution in [-0.2, 0) is 9.53 Å². The molecular weight excluding hydrogens is 286 g/mol. The highest BCUT2D eigenvalue weighted by atomic mass is 79.9. The number of anilines is 1. The quantitative estimate of drug-likeness (QED) is 0.902. The minimum absolute atomic E-state index is 0.00354. The Kier molecular flexibility index (Phi) is 3.51. The lowest BCUT2D eigenvalue weighted by Crippen LogP contribution is -2.55. The molecule has 1 aliphatic rings. The topological polar surface area (TPSA) is 49.8 Å². The number of morpholine rings is 1. The molecule has 1 saturated heterocycles. The molecule has 92 valence electrons. The Hall–Kier alpha value is -0.910. The lowest BCUT2D eigenvalue weighted by molar-refractivity contribution is -0.141. The largest absolute Gasteiger partial charge is 0.393 e. The zero-order chi connectivity index (χ0) is 12.5. The Morgan fingerprint density at radius 3 is 3.00 bits per heavy atom. The number of amides is 1. The predicted molar refractivity (Wildman–Crippen MR) is 67.9 cm³/mol. The molecule has 1 atom stereocenters. The Morgan fingerprint density at radius 2 is 2.35 bits per heavy atom. The van der Waals surface area contributed by atoms with Gasteiger partial charge in [0.25, 0.3) is 5.91 Å². The number of hydrogen-bond acceptors (Lipinski definition) is 3. The first kappa shape index (κ1) is 12.5. The summed E-state index contributed by atoms with van der Waals surface area (Å²) in [6.45, 7) is 2.05. The number of carbonyl (C=O) groups is 1. The van der Waals surface area contributed by atoms with Gasteiger partial charge in [0.05, 0.1) is 13.2 Å². The van der Waals surface area contributed by atoms with E-state index in [0.717, 1.165) is 10.2 Å². The van der Waals surface area contributed by atoms with Crippen molar-refractivity contribution in [3.8, 4) is 0 Å². The average molecular weight is 300 g/mol. The fraction of sp³-hybridized carbons (Fsp3) is 0.417. The molecule has 0 saturated carbocycles. The summed E-state index contributed by atoms with van der Waals surface area (Å²) in [5.41, 5.74) is 0.128. The molecule has 4 nitrogen and oxygen atoms in total. The van der Waals surface area contributed by atoms with Crippen molar-refractivity contribution in [2.45, 2.75) is 12.5 Å². The molecule has 5 heteroatoms. The SMILES string of the molecule is CC1(CO)CN(c2cccc(Br)c2)C(=O)CO1. The first-order valence-corrected chi connectivity index (χ1v) is 6.14. The van der Waals surface area contributed by atoms with Crippen molar-refractivity contribution in [2.24, 2.45) is 0 Å². The monoisotopic (exact) mass is 299 g/mol. The number of carbonyl (C=O) groups excluding carboxylic acids is 1. The summed E-state index contributed by atoms with van der Waals surface area (Å²) in [6, 6.07) is 7.52. The molecule has 1 amide bonds. The van der Waals surface area contributed by atoms with Gasteiger partial charge in [0.1, 0.15) is 12.2 Å². The lowest BCUT2D eigenvalue weighted by atomic mass is 10.1. The summed E-state index contributed by atoms with van der Waals surface area (Å²) < 4.78 is 6.27. The molecule has 2 rings (SSSR count). The fourth-order valence-corrected chi connectivity index (χ4v) is 2.14. The molecule has 1 unspecified atom stereocenters. The standard InChI is InChI=1S/C12H14BrNO3/c1-12(8-15)7-14(11(16)6-17-12)10-4-2-3-9(13)5-10/h2-5,15H,6-8H2,1H3. The average Bonchev–Trinajstić information content (AvgIpc) is 2.33. The minimum Gasteiger partial charge on any atom is -0.393 e. The smallest absolute Gasteiger partial charge is 0.253 e. The third-order valence-electron chi connectivity index (χ3n) is 2.79. The number of nitrogens with zero attached hydrogens (tertiary/aromatic N) is 1. The highest BCUT2D eigenvalue weighted by Crippen LogP contribution is 2.26. The number of aliphatic hydroxyl groups is 1. The molecule has 0 radical (unpaired) electrons. The molecule has 0 aliphatic carbocycles. The zero-order valence-electron chi connectivity index (χ0n) is 9.52. The molecule has 1 fully saturated rings. The normalized spacial score (nSPS) is 25.1. The maximum Gasteiger partial charge on any atom is 0.253 e. The van der Waals surface area contributed by atoms with Crippen molar-refractivity contribution >= 4 is 27.5 Å². The van der Waals surface area contributed by atoms with Gasteiger partial charge in [0.2, 0.25) is 0 Å². The van der Waals surface area contributed by atoms with Gasteiger partial charge in [0, 0.05) is 10.2 Å². The van der Waals surface area contributed by atoms with Crippen LogP contribution >= 0.6 is 15.9 Å². The van der Waals surface area contributed by atoms with Crippen LogP contribution in [0.15, 0.2) is 28.7 Å². The highest BCUT2D eigenvalue weighted by molar-refractivity contribution is 9.10. The fourth-order valence-electron chi connectivity index (χ4n) is 1.76. The summed E-state index contributed by atoms with van der Waals surface area (Å²) in [5.74, 6) is -0.0889. The van der Waals surface area contributed by atoms with Crippen molar-refractivity contribution in [3.63, 3.8) is 0 Å². The second-order valence-electron chi connectivity index (χ2n) is 4.36. The van der Waals surface area contributed by atoms with E-state index in [0.29, 0.717) is 6.54 Å². The van der Waals surface area contributed by atoms with E-state index in [9.17, 15) is 9.90 Å². The third-order valence-corrected chi connectivity index (χ3v) is 3.29. The van der Waals surface area contributed by atoms with Crippen LogP contribution in [0.5, 0.6) is 0 Å². The van der Waals surface area contributed by atoms with Crippen LogP contribution in [0.25, 0.3) is 0 Å². The van der Waals surface area contributed by atoms with E-state index in [2.05, 4.69) is 15.9 Å². The van der Waals surface area contributed by atoms with Gasteiger partial charge in [0.15, 0.2) is 0 Å². The van der Waals surface area contributed by atoms with E-state index >= 15 is 0 Å². The van der Waals surface area contributed by atoms with Crippen molar-refractivity contribution in [1.82, 2.24) is 0 Å². The van der Waals surface area contributed by atoms with E-state index < -0.39 is 5.60 Å². The van der Waals surface area contributed by atoms with Gasteiger partial charge < -0.3 is 14.7 Å². The van der Waals surface area contributed by atoms with E-state index in [-0.39, 0.29) is 19.1 Å². The second kappa shape index (κ2) is 4.76. The maximum absolute atomic E-state index is 11.8. The minimum atomic E-state index is -0.684. The third kappa shape index (κ3) is 2.68. The summed E-state index contributed by atoms with van der Waals surface area (Å²) in [6.07, 6.45) is 0. The van der Waals surface area contributed by atoms with Crippen LogP contribution < -0.4 is 4.90 Å². The summed E-state index contributed by atoms with van der Waals surface area (Å²) in [5, 5.41) is 9.28. The van der Waals surface area contributed by atoms with Crippen molar-refractivity contribution in [1.29, 1.82) is 0 Å². The van der Waals surface area contributed by atoms with Gasteiger partial charge in [-0.15, -0.1) is 0 Å². The van der Waals surface area contributed by atoms with Gasteiger partial charge in [-0.25, -0.2) is 0 Å². The molecule has 0 spiro atoms. The number of ether oxygens (including phenoxy) is 1. The lowest BCUT2D eigenvalue weighted by Gasteiger charge is -2.39. The Morgan fingerprint density at radius 1 is 1.59 bits per heavy atom. The van der Waals surface area contributed by atoms with Crippen LogP contribution in [0.3, 0.4) is 0 Å². The molecule has 0 aromatic heterocycles. The molecule has 1 N–H and O–H groups in total. The number of hydrogen-bond donors (Lipinski definition) is 1. The number of halogens is 1. The zero-order valence-corrected chi connectivity index (χ0v) is 11.1. The summed E-state index contributed by atoms with van der Waals surface area (Å²) in [4.78, 5) is 13.5.